The van der Waals surface area contributed by atoms with Gasteiger partial charge < -0.3 is 9.84 Å². The Labute approximate surface area is 157 Å². The van der Waals surface area contributed by atoms with Crippen molar-refractivity contribution in [3.8, 4) is 5.69 Å². The molecule has 0 bridgehead atoms. The number of nitrogens with one attached hydrogen (secondary N) is 1. The molecule has 0 spiro atoms. The van der Waals surface area contributed by atoms with Crippen molar-refractivity contribution in [1.82, 2.24) is 30.1 Å². The zero-order valence-electron chi connectivity index (χ0n) is 15.7. The molecule has 4 rings (SSSR count). The molecular weight excluding hydrogens is 347 g/mol. The molecule has 1 unspecified atom stereocenters. The second-order valence-corrected chi connectivity index (χ2v) is 6.96. The highest BCUT2D eigenvalue weighted by Crippen LogP contribution is 2.22. The fourth-order valence-corrected chi connectivity index (χ4v) is 3.49. The minimum atomic E-state index is -0.263. The van der Waals surface area contributed by atoms with E-state index in [2.05, 4.69) is 32.5 Å². The van der Waals surface area contributed by atoms with Crippen molar-refractivity contribution in [1.29, 1.82) is 0 Å². The Balaban J connectivity index is 1.57. The predicted octanol–water partition coefficient (Wildman–Crippen LogP) is 2.18. The van der Waals surface area contributed by atoms with E-state index in [0.717, 1.165) is 42.3 Å². The molecule has 1 N–H and O–H groups in total. The van der Waals surface area contributed by atoms with Crippen LogP contribution in [0.4, 0.5) is 4.39 Å². The van der Waals surface area contributed by atoms with Crippen molar-refractivity contribution >= 4 is 0 Å². The van der Waals surface area contributed by atoms with E-state index in [-0.39, 0.29) is 11.9 Å². The van der Waals surface area contributed by atoms with E-state index < -0.39 is 0 Å². The van der Waals surface area contributed by atoms with Gasteiger partial charge in [0.15, 0.2) is 5.82 Å². The number of likely N-dealkylation sites (N-methyl/N-ethyl adjacent to an activating group) is 1. The Hall–Kier alpha value is -2.58. The summed E-state index contributed by atoms with van der Waals surface area (Å²) in [7, 11) is 2.07. The molecule has 3 aromatic rings. The predicted molar refractivity (Wildman–Crippen MR) is 98.3 cm³/mol. The Morgan fingerprint density at radius 1 is 1.26 bits per heavy atom. The van der Waals surface area contributed by atoms with E-state index >= 15 is 0 Å². The van der Waals surface area contributed by atoms with Gasteiger partial charge in [-0.3, -0.25) is 4.90 Å². The number of benzene rings is 1. The molecule has 1 aliphatic rings. The second kappa shape index (κ2) is 7.21. The Morgan fingerprint density at radius 3 is 2.78 bits per heavy atom. The van der Waals surface area contributed by atoms with Crippen LogP contribution in [-0.2, 0) is 6.42 Å². The molecule has 0 radical (unpaired) electrons. The lowest BCUT2D eigenvalue weighted by Gasteiger charge is -2.30. The summed E-state index contributed by atoms with van der Waals surface area (Å²) in [5, 5.41) is 12.1. The number of hydrogen-bond acceptors (Lipinski definition) is 6. The van der Waals surface area contributed by atoms with Crippen molar-refractivity contribution in [3.63, 3.8) is 0 Å². The Bertz CT molecular complexity index is 932. The summed E-state index contributed by atoms with van der Waals surface area (Å²) in [6.45, 7) is 6.69. The molecule has 7 nitrogen and oxygen atoms in total. The molecule has 1 saturated heterocycles. The third-order valence-electron chi connectivity index (χ3n) is 5.13. The van der Waals surface area contributed by atoms with Crippen LogP contribution in [0.15, 0.2) is 28.8 Å². The van der Waals surface area contributed by atoms with Crippen LogP contribution in [0.5, 0.6) is 0 Å². The van der Waals surface area contributed by atoms with Crippen molar-refractivity contribution in [2.75, 3.05) is 26.7 Å². The van der Waals surface area contributed by atoms with Crippen LogP contribution in [0.3, 0.4) is 0 Å². The first-order chi connectivity index (χ1) is 13.0. The number of piperazine rings is 1. The first-order valence-electron chi connectivity index (χ1n) is 9.07. The molecule has 2 aromatic heterocycles. The van der Waals surface area contributed by atoms with Gasteiger partial charge in [-0.15, -0.1) is 0 Å². The van der Waals surface area contributed by atoms with Crippen LogP contribution >= 0.6 is 0 Å². The van der Waals surface area contributed by atoms with E-state index in [0.29, 0.717) is 18.1 Å². The summed E-state index contributed by atoms with van der Waals surface area (Å²) in [6.07, 6.45) is 0.524. The maximum atomic E-state index is 13.2. The highest BCUT2D eigenvalue weighted by Gasteiger charge is 2.26. The van der Waals surface area contributed by atoms with Gasteiger partial charge in [-0.1, -0.05) is 5.16 Å². The van der Waals surface area contributed by atoms with E-state index in [1.54, 1.807) is 12.1 Å². The van der Waals surface area contributed by atoms with Gasteiger partial charge in [0.05, 0.1) is 23.8 Å². The fraction of sp³-hybridized carbons (Fsp3) is 0.421. The third-order valence-corrected chi connectivity index (χ3v) is 5.13. The molecule has 0 aliphatic carbocycles. The van der Waals surface area contributed by atoms with Crippen molar-refractivity contribution in [2.45, 2.75) is 26.3 Å². The molecule has 1 aromatic carbocycles. The van der Waals surface area contributed by atoms with Gasteiger partial charge >= 0.3 is 0 Å². The zero-order valence-corrected chi connectivity index (χ0v) is 15.7. The normalized spacial score (nSPS) is 18.1. The van der Waals surface area contributed by atoms with Gasteiger partial charge in [-0.2, -0.15) is 10.1 Å². The summed E-state index contributed by atoms with van der Waals surface area (Å²) in [4.78, 5) is 6.84. The number of aromatic nitrogens is 4. The highest BCUT2D eigenvalue weighted by molar-refractivity contribution is 5.38. The van der Waals surface area contributed by atoms with Crippen molar-refractivity contribution in [3.05, 3.63) is 58.7 Å². The van der Waals surface area contributed by atoms with Crippen LogP contribution in [0, 0.1) is 19.7 Å². The molecular formula is C19H23FN6O. The molecule has 27 heavy (non-hydrogen) atoms. The van der Waals surface area contributed by atoms with Gasteiger partial charge in [0, 0.05) is 30.9 Å². The smallest absolute Gasteiger partial charge is 0.231 e. The van der Waals surface area contributed by atoms with E-state index in [4.69, 9.17) is 4.52 Å². The maximum absolute atomic E-state index is 13.2. The van der Waals surface area contributed by atoms with E-state index in [1.165, 1.54) is 12.1 Å². The maximum Gasteiger partial charge on any atom is 0.231 e. The minimum Gasteiger partial charge on any atom is -0.339 e. The summed E-state index contributed by atoms with van der Waals surface area (Å²) in [5.74, 6) is 1.02. The summed E-state index contributed by atoms with van der Waals surface area (Å²) in [5.41, 5.74) is 3.75. The molecule has 1 fully saturated rings. The van der Waals surface area contributed by atoms with Crippen LogP contribution in [0.25, 0.3) is 5.69 Å². The fourth-order valence-electron chi connectivity index (χ4n) is 3.49. The Morgan fingerprint density at radius 2 is 2.04 bits per heavy atom. The third kappa shape index (κ3) is 3.50. The topological polar surface area (TPSA) is 72.0 Å². The molecule has 3 heterocycles. The van der Waals surface area contributed by atoms with E-state index in [1.807, 2.05) is 18.5 Å². The lowest BCUT2D eigenvalue weighted by atomic mass is 10.1. The molecule has 0 saturated carbocycles. The molecule has 8 heteroatoms. The van der Waals surface area contributed by atoms with E-state index in [9.17, 15) is 4.39 Å². The second-order valence-electron chi connectivity index (χ2n) is 6.96. The summed E-state index contributed by atoms with van der Waals surface area (Å²) < 4.78 is 20.5. The molecule has 142 valence electrons. The van der Waals surface area contributed by atoms with Gasteiger partial charge in [0.1, 0.15) is 5.82 Å². The quantitative estimate of drug-likeness (QED) is 0.759. The van der Waals surface area contributed by atoms with Gasteiger partial charge in [0.2, 0.25) is 5.89 Å². The van der Waals surface area contributed by atoms with Crippen LogP contribution in [0.2, 0.25) is 0 Å². The zero-order chi connectivity index (χ0) is 19.0. The van der Waals surface area contributed by atoms with Gasteiger partial charge in [0.25, 0.3) is 0 Å². The minimum absolute atomic E-state index is 0.125. The monoisotopic (exact) mass is 370 g/mol. The summed E-state index contributed by atoms with van der Waals surface area (Å²) >= 11 is 0. The van der Waals surface area contributed by atoms with Gasteiger partial charge in [-0.05, 0) is 45.2 Å². The van der Waals surface area contributed by atoms with Crippen molar-refractivity contribution < 1.29 is 8.91 Å². The number of nitrogens with zero attached hydrogens (tertiary/aromatic N) is 5. The van der Waals surface area contributed by atoms with Gasteiger partial charge in [-0.25, -0.2) is 9.07 Å². The lowest BCUT2D eigenvalue weighted by Crippen LogP contribution is -2.44. The molecule has 1 atom stereocenters. The van der Waals surface area contributed by atoms with Crippen LogP contribution < -0.4 is 5.32 Å². The molecule has 0 amide bonds. The summed E-state index contributed by atoms with van der Waals surface area (Å²) in [6, 6.07) is 6.43. The first-order valence-corrected chi connectivity index (χ1v) is 9.07. The van der Waals surface area contributed by atoms with Crippen LogP contribution in [0.1, 0.15) is 34.7 Å². The first kappa shape index (κ1) is 17.8. The number of halogens is 1. The number of rotatable bonds is 4. The largest absolute Gasteiger partial charge is 0.339 e. The number of aryl methyl sites for hydroxylation is 1. The average Bonchev–Trinajstić information content (AvgIpc) is 3.23. The molecule has 1 aliphatic heterocycles. The van der Waals surface area contributed by atoms with Crippen LogP contribution in [-0.4, -0.2) is 51.5 Å². The lowest BCUT2D eigenvalue weighted by molar-refractivity contribution is 0.190. The van der Waals surface area contributed by atoms with Crippen molar-refractivity contribution in [2.24, 2.45) is 0 Å². The highest BCUT2D eigenvalue weighted by atomic mass is 19.1. The average molecular weight is 370 g/mol. The standard InChI is InChI=1S/C19H23FN6O/c1-12-16(13(2)26(23-12)15-6-4-14(20)5-7-15)10-18-22-19(24-27-18)17-11-21-8-9-25(17)3/h4-7,17,21H,8-11H2,1-3H3. The SMILES string of the molecule is Cc1nn(-c2ccc(F)cc2)c(C)c1Cc1nc(C2CNCCN2C)no1. The number of hydrogen-bond donors (Lipinski definition) is 1. The Kier molecular flexibility index (Phi) is 4.75.